The first-order valence-corrected chi connectivity index (χ1v) is 8.57. The average Bonchev–Trinajstić information content (AvgIpc) is 2.68. The molecule has 3 aromatic rings. The molecule has 0 fully saturated rings. The van der Waals surface area contributed by atoms with Crippen LogP contribution in [-0.4, -0.2) is 26.3 Å². The maximum Gasteiger partial charge on any atom is 0.336 e. The van der Waals surface area contributed by atoms with Gasteiger partial charge in [-0.05, 0) is 48.4 Å². The monoisotopic (exact) mass is 380 g/mol. The van der Waals surface area contributed by atoms with E-state index in [9.17, 15) is 9.59 Å². The predicted molar refractivity (Wildman–Crippen MR) is 106 cm³/mol. The van der Waals surface area contributed by atoms with Gasteiger partial charge in [0.05, 0.1) is 26.9 Å². The number of methoxy groups -OCH3 is 2. The van der Waals surface area contributed by atoms with E-state index >= 15 is 0 Å². The maximum absolute atomic E-state index is 12.3. The van der Waals surface area contributed by atoms with E-state index in [0.717, 1.165) is 16.5 Å². The number of aryl methyl sites for hydroxylation is 1. The molecule has 3 rings (SSSR count). The van der Waals surface area contributed by atoms with Crippen LogP contribution in [0.25, 0.3) is 11.0 Å². The lowest BCUT2D eigenvalue weighted by Crippen LogP contribution is -2.20. The number of carbonyl (C=O) groups is 1. The highest BCUT2D eigenvalue weighted by atomic mass is 16.5. The number of fused-ring (bicyclic) bond motifs is 1. The Hall–Kier alpha value is -3.61. The summed E-state index contributed by atoms with van der Waals surface area (Å²) in [7, 11) is 3.10. The third-order valence-corrected chi connectivity index (χ3v) is 4.15. The van der Waals surface area contributed by atoms with E-state index in [4.69, 9.17) is 13.9 Å². The van der Waals surface area contributed by atoms with Gasteiger partial charge in [-0.1, -0.05) is 11.6 Å². The number of hydrogen-bond acceptors (Lipinski definition) is 6. The van der Waals surface area contributed by atoms with Crippen molar-refractivity contribution in [3.05, 3.63) is 69.6 Å². The minimum absolute atomic E-state index is 0.00876. The highest BCUT2D eigenvalue weighted by Gasteiger charge is 2.10. The summed E-state index contributed by atoms with van der Waals surface area (Å²) in [5.41, 5.74) is 4.77. The van der Waals surface area contributed by atoms with E-state index in [-0.39, 0.29) is 12.3 Å². The van der Waals surface area contributed by atoms with Gasteiger partial charge in [0.25, 0.3) is 0 Å². The van der Waals surface area contributed by atoms with E-state index in [1.54, 1.807) is 38.5 Å². The van der Waals surface area contributed by atoms with Crippen LogP contribution in [0, 0.1) is 6.92 Å². The first kappa shape index (κ1) is 19.2. The van der Waals surface area contributed by atoms with Crippen LogP contribution < -0.4 is 20.5 Å². The molecule has 7 heteroatoms. The maximum atomic E-state index is 12.3. The Balaban J connectivity index is 1.73. The Morgan fingerprint density at radius 1 is 1.11 bits per heavy atom. The SMILES string of the molecule is COc1ccc(/C=N/NC(=O)Cc2cc(=O)oc3ccc(C)cc23)cc1OC. The molecule has 1 amide bonds. The third-order valence-electron chi connectivity index (χ3n) is 4.15. The standard InChI is InChI=1S/C21H20N2O5/c1-13-4-6-17-16(8-13)15(11-21(25)28-17)10-20(24)23-22-12-14-5-7-18(26-2)19(9-14)27-3/h4-9,11-12H,10H2,1-3H3,(H,23,24)/b22-12+. The number of rotatable bonds is 6. The van der Waals surface area contributed by atoms with Crippen molar-refractivity contribution in [1.82, 2.24) is 5.43 Å². The molecule has 0 spiro atoms. The van der Waals surface area contributed by atoms with Crippen molar-refractivity contribution < 1.29 is 18.7 Å². The topological polar surface area (TPSA) is 90.1 Å². The lowest BCUT2D eigenvalue weighted by atomic mass is 10.1. The zero-order valence-corrected chi connectivity index (χ0v) is 15.8. The summed E-state index contributed by atoms with van der Waals surface area (Å²) in [6.07, 6.45) is 1.51. The lowest BCUT2D eigenvalue weighted by Gasteiger charge is -2.07. The molecule has 2 aromatic carbocycles. The molecule has 0 bridgehead atoms. The fraction of sp³-hybridized carbons (Fsp3) is 0.190. The number of nitrogens with zero attached hydrogens (tertiary/aromatic N) is 1. The van der Waals surface area contributed by atoms with Gasteiger partial charge in [0.15, 0.2) is 11.5 Å². The molecule has 28 heavy (non-hydrogen) atoms. The summed E-state index contributed by atoms with van der Waals surface area (Å²) < 4.78 is 15.6. The summed E-state index contributed by atoms with van der Waals surface area (Å²) in [5, 5.41) is 4.70. The highest BCUT2D eigenvalue weighted by Crippen LogP contribution is 2.26. The van der Waals surface area contributed by atoms with Gasteiger partial charge in [0, 0.05) is 11.5 Å². The predicted octanol–water partition coefficient (Wildman–Crippen LogP) is 2.81. The van der Waals surface area contributed by atoms with Crippen molar-refractivity contribution >= 4 is 23.1 Å². The van der Waals surface area contributed by atoms with E-state index in [1.807, 2.05) is 19.1 Å². The van der Waals surface area contributed by atoms with Crippen LogP contribution in [0.5, 0.6) is 11.5 Å². The molecule has 0 aliphatic heterocycles. The molecule has 1 heterocycles. The van der Waals surface area contributed by atoms with Gasteiger partial charge < -0.3 is 13.9 Å². The van der Waals surface area contributed by atoms with Gasteiger partial charge in [0.1, 0.15) is 5.58 Å². The number of hydrogen-bond donors (Lipinski definition) is 1. The highest BCUT2D eigenvalue weighted by molar-refractivity contribution is 5.88. The Labute approximate surface area is 161 Å². The van der Waals surface area contributed by atoms with Crippen LogP contribution in [0.2, 0.25) is 0 Å². The molecular formula is C21H20N2O5. The van der Waals surface area contributed by atoms with Crippen LogP contribution >= 0.6 is 0 Å². The molecule has 144 valence electrons. The number of hydrazone groups is 1. The van der Waals surface area contributed by atoms with Crippen LogP contribution in [0.15, 0.2) is 56.8 Å². The van der Waals surface area contributed by atoms with Gasteiger partial charge in [-0.15, -0.1) is 0 Å². The Bertz CT molecular complexity index is 1100. The number of ether oxygens (including phenoxy) is 2. The van der Waals surface area contributed by atoms with Crippen LogP contribution in [0.3, 0.4) is 0 Å². The molecule has 0 radical (unpaired) electrons. The molecule has 0 saturated carbocycles. The molecule has 7 nitrogen and oxygen atoms in total. The van der Waals surface area contributed by atoms with Crippen molar-refractivity contribution in [3.8, 4) is 11.5 Å². The minimum Gasteiger partial charge on any atom is -0.493 e. The molecule has 0 aliphatic rings. The van der Waals surface area contributed by atoms with Gasteiger partial charge >= 0.3 is 5.63 Å². The Morgan fingerprint density at radius 2 is 1.89 bits per heavy atom. The zero-order valence-electron chi connectivity index (χ0n) is 15.8. The lowest BCUT2D eigenvalue weighted by molar-refractivity contribution is -0.120. The van der Waals surface area contributed by atoms with Crippen molar-refractivity contribution in [1.29, 1.82) is 0 Å². The molecular weight excluding hydrogens is 360 g/mol. The molecule has 0 aliphatic carbocycles. The van der Waals surface area contributed by atoms with Crippen molar-refractivity contribution in [2.75, 3.05) is 14.2 Å². The normalized spacial score (nSPS) is 11.0. The second kappa shape index (κ2) is 8.39. The summed E-state index contributed by atoms with van der Waals surface area (Å²) in [4.78, 5) is 24.0. The smallest absolute Gasteiger partial charge is 0.336 e. The quantitative estimate of drug-likeness (QED) is 0.403. The third kappa shape index (κ3) is 4.37. The first-order chi connectivity index (χ1) is 13.5. The fourth-order valence-corrected chi connectivity index (χ4v) is 2.81. The number of benzene rings is 2. The van der Waals surface area contributed by atoms with Crippen LogP contribution in [0.4, 0.5) is 0 Å². The van der Waals surface area contributed by atoms with Crippen molar-refractivity contribution in [3.63, 3.8) is 0 Å². The average molecular weight is 380 g/mol. The summed E-state index contributed by atoms with van der Waals surface area (Å²) >= 11 is 0. The van der Waals surface area contributed by atoms with Crippen molar-refractivity contribution in [2.24, 2.45) is 5.10 Å². The van der Waals surface area contributed by atoms with E-state index < -0.39 is 5.63 Å². The number of nitrogens with one attached hydrogen (secondary N) is 1. The molecule has 0 unspecified atom stereocenters. The van der Waals surface area contributed by atoms with E-state index in [0.29, 0.717) is 22.6 Å². The molecule has 1 aromatic heterocycles. The van der Waals surface area contributed by atoms with Crippen LogP contribution in [0.1, 0.15) is 16.7 Å². The summed E-state index contributed by atoms with van der Waals surface area (Å²) in [6.45, 7) is 1.93. The second-order valence-electron chi connectivity index (χ2n) is 6.17. The number of amides is 1. The van der Waals surface area contributed by atoms with E-state index in [1.165, 1.54) is 12.3 Å². The molecule has 0 atom stereocenters. The van der Waals surface area contributed by atoms with Gasteiger partial charge in [-0.2, -0.15) is 5.10 Å². The summed E-state index contributed by atoms with van der Waals surface area (Å²) in [5.74, 6) is 0.828. The fourth-order valence-electron chi connectivity index (χ4n) is 2.81. The zero-order chi connectivity index (χ0) is 20.1. The number of carbonyl (C=O) groups excluding carboxylic acids is 1. The van der Waals surface area contributed by atoms with Gasteiger partial charge in [0.2, 0.25) is 5.91 Å². The van der Waals surface area contributed by atoms with Gasteiger partial charge in [-0.25, -0.2) is 10.2 Å². The summed E-state index contributed by atoms with van der Waals surface area (Å²) in [6, 6.07) is 12.1. The second-order valence-corrected chi connectivity index (χ2v) is 6.17. The Kier molecular flexibility index (Phi) is 5.74. The van der Waals surface area contributed by atoms with Gasteiger partial charge in [-0.3, -0.25) is 4.79 Å². The Morgan fingerprint density at radius 3 is 2.64 bits per heavy atom. The minimum atomic E-state index is -0.493. The van der Waals surface area contributed by atoms with E-state index in [2.05, 4.69) is 10.5 Å². The molecule has 0 saturated heterocycles. The first-order valence-electron chi connectivity index (χ1n) is 8.57. The van der Waals surface area contributed by atoms with Crippen molar-refractivity contribution in [2.45, 2.75) is 13.3 Å². The largest absolute Gasteiger partial charge is 0.493 e. The molecule has 1 N–H and O–H groups in total. The van der Waals surface area contributed by atoms with Crippen LogP contribution in [-0.2, 0) is 11.2 Å².